The van der Waals surface area contributed by atoms with E-state index in [1.807, 2.05) is 30.3 Å². The number of carbonyl (C=O) groups is 3. The fourth-order valence-electron chi connectivity index (χ4n) is 3.39. The quantitative estimate of drug-likeness (QED) is 0.652. The van der Waals surface area contributed by atoms with Crippen molar-refractivity contribution < 1.29 is 19.1 Å². The Kier molecular flexibility index (Phi) is 5.33. The average molecular weight is 421 g/mol. The molecule has 1 atom stereocenters. The van der Waals surface area contributed by atoms with Crippen LogP contribution in [0.3, 0.4) is 0 Å². The third-order valence-corrected chi connectivity index (χ3v) is 5.74. The summed E-state index contributed by atoms with van der Waals surface area (Å²) in [4.78, 5) is 44.0. The van der Waals surface area contributed by atoms with Crippen LogP contribution in [0.4, 0.5) is 11.4 Å². The van der Waals surface area contributed by atoms with Crippen LogP contribution in [0.25, 0.3) is 0 Å². The molecule has 2 heterocycles. The van der Waals surface area contributed by atoms with Gasteiger partial charge in [0.1, 0.15) is 11.7 Å². The zero-order valence-corrected chi connectivity index (χ0v) is 17.2. The molecule has 0 bridgehead atoms. The number of para-hydroxylation sites is 1. The summed E-state index contributed by atoms with van der Waals surface area (Å²) in [6.07, 6.45) is 0.610. The lowest BCUT2D eigenvalue weighted by Gasteiger charge is -2.35. The predicted octanol–water partition coefficient (Wildman–Crippen LogP) is 3.51. The van der Waals surface area contributed by atoms with Gasteiger partial charge >= 0.3 is 5.97 Å². The van der Waals surface area contributed by atoms with Crippen molar-refractivity contribution in [2.75, 3.05) is 17.3 Å². The lowest BCUT2D eigenvalue weighted by atomic mass is 10.0. The molecule has 152 valence electrons. The number of carbonyl (C=O) groups excluding carboxylic acids is 3. The third kappa shape index (κ3) is 3.57. The molecule has 1 N–H and O–H groups in total. The zero-order chi connectivity index (χ0) is 21.3. The molecule has 2 aromatic carbocycles. The Hall–Kier alpha value is -3.52. The Morgan fingerprint density at radius 3 is 2.67 bits per heavy atom. The summed E-state index contributed by atoms with van der Waals surface area (Å²) >= 11 is 1.38. The maximum absolute atomic E-state index is 13.4. The molecule has 0 aliphatic carbocycles. The maximum atomic E-state index is 13.4. The summed E-state index contributed by atoms with van der Waals surface area (Å²) in [7, 11) is 1.27. The smallest absolute Gasteiger partial charge is 0.340 e. The lowest BCUT2D eigenvalue weighted by molar-refractivity contribution is -0.117. The van der Waals surface area contributed by atoms with Gasteiger partial charge in [-0.05, 0) is 24.6 Å². The Morgan fingerprint density at radius 2 is 1.93 bits per heavy atom. The first-order valence-electron chi connectivity index (χ1n) is 9.33. The van der Waals surface area contributed by atoms with Crippen molar-refractivity contribution in [2.24, 2.45) is 0 Å². The van der Waals surface area contributed by atoms with Crippen LogP contribution in [0.1, 0.15) is 38.3 Å². The SMILES string of the molecule is COC(=O)c1cccc2c1N(C(=O)c1csc(Cc3ccccc3)n1)C(C)C(=O)N2. The highest BCUT2D eigenvalue weighted by Crippen LogP contribution is 2.37. The molecule has 0 saturated heterocycles. The van der Waals surface area contributed by atoms with E-state index in [-0.39, 0.29) is 17.2 Å². The second-order valence-electron chi connectivity index (χ2n) is 6.82. The van der Waals surface area contributed by atoms with Gasteiger partial charge in [-0.25, -0.2) is 9.78 Å². The van der Waals surface area contributed by atoms with Gasteiger partial charge in [0.05, 0.1) is 29.1 Å². The van der Waals surface area contributed by atoms with Gasteiger partial charge in [0, 0.05) is 11.8 Å². The number of aromatic nitrogens is 1. The summed E-state index contributed by atoms with van der Waals surface area (Å²) in [5.74, 6) is -1.36. The molecule has 0 spiro atoms. The second-order valence-corrected chi connectivity index (χ2v) is 7.77. The summed E-state index contributed by atoms with van der Waals surface area (Å²) < 4.78 is 4.87. The van der Waals surface area contributed by atoms with Crippen LogP contribution in [-0.4, -0.2) is 35.9 Å². The van der Waals surface area contributed by atoms with E-state index >= 15 is 0 Å². The number of nitrogens with zero attached hydrogens (tertiary/aromatic N) is 2. The number of hydrogen-bond acceptors (Lipinski definition) is 6. The van der Waals surface area contributed by atoms with Crippen LogP contribution in [0, 0.1) is 0 Å². The first-order chi connectivity index (χ1) is 14.5. The van der Waals surface area contributed by atoms with Gasteiger partial charge in [0.15, 0.2) is 0 Å². The monoisotopic (exact) mass is 421 g/mol. The van der Waals surface area contributed by atoms with Gasteiger partial charge in [0.2, 0.25) is 5.91 Å². The highest BCUT2D eigenvalue weighted by Gasteiger charge is 2.38. The summed E-state index contributed by atoms with van der Waals surface area (Å²) in [5, 5.41) is 5.22. The van der Waals surface area contributed by atoms with E-state index in [4.69, 9.17) is 4.74 Å². The van der Waals surface area contributed by atoms with Gasteiger partial charge in [-0.3, -0.25) is 14.5 Å². The largest absolute Gasteiger partial charge is 0.465 e. The Morgan fingerprint density at radius 1 is 1.17 bits per heavy atom. The molecule has 2 amide bonds. The predicted molar refractivity (Wildman–Crippen MR) is 114 cm³/mol. The van der Waals surface area contributed by atoms with Crippen molar-refractivity contribution in [1.82, 2.24) is 4.98 Å². The lowest BCUT2D eigenvalue weighted by Crippen LogP contribution is -2.50. The van der Waals surface area contributed by atoms with E-state index in [9.17, 15) is 14.4 Å². The van der Waals surface area contributed by atoms with Gasteiger partial charge < -0.3 is 10.1 Å². The van der Waals surface area contributed by atoms with Crippen LogP contribution in [0.15, 0.2) is 53.9 Å². The van der Waals surface area contributed by atoms with Crippen LogP contribution in [0.2, 0.25) is 0 Å². The highest BCUT2D eigenvalue weighted by atomic mass is 32.1. The Balaban J connectivity index is 1.71. The fourth-order valence-corrected chi connectivity index (χ4v) is 4.19. The minimum Gasteiger partial charge on any atom is -0.465 e. The number of hydrogen-bond donors (Lipinski definition) is 1. The molecule has 0 radical (unpaired) electrons. The van der Waals surface area contributed by atoms with Crippen molar-refractivity contribution in [3.8, 4) is 0 Å². The molecule has 0 saturated carbocycles. The normalized spacial score (nSPS) is 15.3. The van der Waals surface area contributed by atoms with Crippen molar-refractivity contribution in [1.29, 1.82) is 0 Å². The van der Waals surface area contributed by atoms with E-state index in [2.05, 4.69) is 10.3 Å². The number of amides is 2. The van der Waals surface area contributed by atoms with Gasteiger partial charge in [-0.1, -0.05) is 36.4 Å². The van der Waals surface area contributed by atoms with Crippen molar-refractivity contribution in [2.45, 2.75) is 19.4 Å². The van der Waals surface area contributed by atoms with Crippen molar-refractivity contribution >= 4 is 40.5 Å². The molecule has 1 aliphatic heterocycles. The number of esters is 1. The van der Waals surface area contributed by atoms with E-state index in [1.54, 1.807) is 30.5 Å². The molecule has 1 aliphatic rings. The minimum absolute atomic E-state index is 0.204. The Bertz CT molecular complexity index is 1130. The van der Waals surface area contributed by atoms with Crippen LogP contribution >= 0.6 is 11.3 Å². The molecule has 0 fully saturated rings. The molecule has 1 unspecified atom stereocenters. The van der Waals surface area contributed by atoms with E-state index in [0.29, 0.717) is 17.8 Å². The maximum Gasteiger partial charge on any atom is 0.340 e. The zero-order valence-electron chi connectivity index (χ0n) is 16.4. The number of benzene rings is 2. The summed E-state index contributed by atoms with van der Waals surface area (Å²) in [5.41, 5.74) is 2.23. The Labute approximate surface area is 177 Å². The molecule has 1 aromatic heterocycles. The molecular formula is C22H19N3O4S. The molecule has 4 rings (SSSR count). The fraction of sp³-hybridized carbons (Fsp3) is 0.182. The number of rotatable bonds is 4. The number of methoxy groups -OCH3 is 1. The third-order valence-electron chi connectivity index (χ3n) is 4.89. The molecular weight excluding hydrogens is 402 g/mol. The average Bonchev–Trinajstić information content (AvgIpc) is 3.22. The van der Waals surface area contributed by atoms with E-state index < -0.39 is 17.9 Å². The van der Waals surface area contributed by atoms with Crippen LogP contribution in [-0.2, 0) is 16.0 Å². The molecule has 3 aromatic rings. The van der Waals surface area contributed by atoms with Crippen LogP contribution in [0.5, 0.6) is 0 Å². The van der Waals surface area contributed by atoms with Crippen molar-refractivity contribution in [3.63, 3.8) is 0 Å². The topological polar surface area (TPSA) is 88.6 Å². The van der Waals surface area contributed by atoms with E-state index in [1.165, 1.54) is 23.3 Å². The number of fused-ring (bicyclic) bond motifs is 1. The number of ether oxygens (including phenoxy) is 1. The number of thiazole rings is 1. The summed E-state index contributed by atoms with van der Waals surface area (Å²) in [6.45, 7) is 1.61. The number of nitrogens with one attached hydrogen (secondary N) is 1. The van der Waals surface area contributed by atoms with Crippen LogP contribution < -0.4 is 10.2 Å². The van der Waals surface area contributed by atoms with Gasteiger partial charge in [-0.2, -0.15) is 0 Å². The molecule has 30 heavy (non-hydrogen) atoms. The summed E-state index contributed by atoms with van der Waals surface area (Å²) in [6, 6.07) is 13.9. The van der Waals surface area contributed by atoms with Gasteiger partial charge in [0.25, 0.3) is 5.91 Å². The highest BCUT2D eigenvalue weighted by molar-refractivity contribution is 7.09. The standard InChI is InChI=1S/C22H19N3O4S/c1-13-20(26)24-16-10-6-9-15(22(28)29-2)19(16)25(13)21(27)17-12-30-18(23-17)11-14-7-4-3-5-8-14/h3-10,12-13H,11H2,1-2H3,(H,24,26). The second kappa shape index (κ2) is 8.08. The van der Waals surface area contributed by atoms with Gasteiger partial charge in [-0.15, -0.1) is 11.3 Å². The number of anilines is 2. The van der Waals surface area contributed by atoms with Crippen molar-refractivity contribution in [3.05, 3.63) is 75.7 Å². The molecule has 8 heteroatoms. The first kappa shape index (κ1) is 19.8. The van der Waals surface area contributed by atoms with E-state index in [0.717, 1.165) is 10.6 Å². The minimum atomic E-state index is -0.810. The molecule has 7 nitrogen and oxygen atoms in total. The first-order valence-corrected chi connectivity index (χ1v) is 10.2.